The summed E-state index contributed by atoms with van der Waals surface area (Å²) in [6.07, 6.45) is -5.74. The van der Waals surface area contributed by atoms with Crippen molar-refractivity contribution in [1.82, 2.24) is 5.32 Å². The smallest absolute Gasteiger partial charge is 0.392 e. The van der Waals surface area contributed by atoms with Crippen LogP contribution in [0.5, 0.6) is 0 Å². The fraction of sp³-hybridized carbons (Fsp3) is 0.455. The molecule has 0 radical (unpaired) electrons. The van der Waals surface area contributed by atoms with Crippen LogP contribution in [0.1, 0.15) is 61.4 Å². The average Bonchev–Trinajstić information content (AvgIpc) is 2.75. The molecule has 1 aliphatic rings. The number of piperidine rings is 1. The van der Waals surface area contributed by atoms with E-state index in [-0.39, 0.29) is 6.07 Å². The molecule has 30 heavy (non-hydrogen) atoms. The molecule has 0 bridgehead atoms. The van der Waals surface area contributed by atoms with E-state index in [1.807, 2.05) is 13.8 Å². The second kappa shape index (κ2) is 12.0. The van der Waals surface area contributed by atoms with Gasteiger partial charge < -0.3 is 10.4 Å². The maximum absolute atomic E-state index is 12.2. The van der Waals surface area contributed by atoms with Crippen molar-refractivity contribution in [1.29, 1.82) is 0 Å². The molecular formula is C22H27F6NO. The van der Waals surface area contributed by atoms with Gasteiger partial charge in [0.05, 0.1) is 17.7 Å². The van der Waals surface area contributed by atoms with E-state index in [9.17, 15) is 26.3 Å². The summed E-state index contributed by atoms with van der Waals surface area (Å²) in [4.78, 5) is 0. The first-order valence-electron chi connectivity index (χ1n) is 9.79. The summed E-state index contributed by atoms with van der Waals surface area (Å²) in [6, 6.07) is 12.3. The highest BCUT2D eigenvalue weighted by Gasteiger charge is 2.36. The molecule has 2 aromatic carbocycles. The fourth-order valence-corrected chi connectivity index (χ4v) is 2.93. The van der Waals surface area contributed by atoms with Crippen molar-refractivity contribution in [3.8, 4) is 0 Å². The van der Waals surface area contributed by atoms with Gasteiger partial charge in [-0.25, -0.2) is 0 Å². The van der Waals surface area contributed by atoms with E-state index in [2.05, 4.69) is 35.6 Å². The Morgan fingerprint density at radius 2 is 1.40 bits per heavy atom. The van der Waals surface area contributed by atoms with Crippen LogP contribution in [-0.4, -0.2) is 11.7 Å². The molecule has 1 aliphatic heterocycles. The molecule has 2 nitrogen and oxygen atoms in total. The number of rotatable bonds is 2. The lowest BCUT2D eigenvalue weighted by molar-refractivity contribution is -0.143. The van der Waals surface area contributed by atoms with Crippen molar-refractivity contribution in [2.75, 3.05) is 6.54 Å². The van der Waals surface area contributed by atoms with Crippen molar-refractivity contribution in [2.24, 2.45) is 0 Å². The first-order valence-corrected chi connectivity index (χ1v) is 9.79. The Balaban J connectivity index is 0.000000285. The molecule has 8 heteroatoms. The van der Waals surface area contributed by atoms with Crippen LogP contribution in [-0.2, 0) is 19.0 Å². The van der Waals surface area contributed by atoms with E-state index in [0.717, 1.165) is 0 Å². The van der Waals surface area contributed by atoms with Gasteiger partial charge in [0, 0.05) is 6.04 Å². The molecule has 0 saturated carbocycles. The minimum atomic E-state index is -4.87. The predicted octanol–water partition coefficient (Wildman–Crippen LogP) is 6.74. The van der Waals surface area contributed by atoms with E-state index in [1.165, 1.54) is 31.4 Å². The maximum Gasteiger partial charge on any atom is 0.416 e. The molecule has 0 amide bonds. The quantitative estimate of drug-likeness (QED) is 0.512. The number of benzene rings is 2. The minimum Gasteiger partial charge on any atom is -0.392 e. The first-order chi connectivity index (χ1) is 14.1. The Labute approximate surface area is 172 Å². The third-order valence-corrected chi connectivity index (χ3v) is 4.34. The highest BCUT2D eigenvalue weighted by Crippen LogP contribution is 2.36. The van der Waals surface area contributed by atoms with Crippen molar-refractivity contribution in [3.05, 3.63) is 70.8 Å². The summed E-state index contributed by atoms with van der Waals surface area (Å²) in [7, 11) is 0. The summed E-state index contributed by atoms with van der Waals surface area (Å²) < 4.78 is 73.3. The number of hydrogen-bond donors (Lipinski definition) is 2. The van der Waals surface area contributed by atoms with Crippen LogP contribution in [0.25, 0.3) is 0 Å². The molecule has 2 N–H and O–H groups in total. The second-order valence-electron chi connectivity index (χ2n) is 6.49. The molecule has 1 fully saturated rings. The molecule has 1 atom stereocenters. The van der Waals surface area contributed by atoms with Crippen molar-refractivity contribution in [2.45, 2.75) is 58.1 Å². The summed E-state index contributed by atoms with van der Waals surface area (Å²) in [5.41, 5.74) is -1.84. The zero-order valence-corrected chi connectivity index (χ0v) is 16.9. The van der Waals surface area contributed by atoms with E-state index >= 15 is 0 Å². The number of alkyl halides is 6. The van der Waals surface area contributed by atoms with Crippen molar-refractivity contribution >= 4 is 0 Å². The van der Waals surface area contributed by atoms with Gasteiger partial charge in [0.25, 0.3) is 0 Å². The molecule has 0 aliphatic carbocycles. The van der Waals surface area contributed by atoms with Crippen LogP contribution in [0.2, 0.25) is 0 Å². The lowest BCUT2D eigenvalue weighted by Crippen LogP contribution is -2.26. The van der Waals surface area contributed by atoms with Gasteiger partial charge >= 0.3 is 12.4 Å². The van der Waals surface area contributed by atoms with Gasteiger partial charge in [0.2, 0.25) is 0 Å². The summed E-state index contributed by atoms with van der Waals surface area (Å²) in [6.45, 7) is 4.30. The molecule has 0 unspecified atom stereocenters. The Kier molecular flexibility index (Phi) is 10.4. The molecule has 3 rings (SSSR count). The Bertz CT molecular complexity index is 705. The Morgan fingerprint density at radius 1 is 0.867 bits per heavy atom. The van der Waals surface area contributed by atoms with Gasteiger partial charge in [-0.2, -0.15) is 26.3 Å². The highest BCUT2D eigenvalue weighted by molar-refractivity contribution is 5.33. The Hall–Kier alpha value is -2.06. The van der Waals surface area contributed by atoms with E-state index in [0.29, 0.717) is 18.2 Å². The predicted molar refractivity (Wildman–Crippen MR) is 105 cm³/mol. The average molecular weight is 435 g/mol. The van der Waals surface area contributed by atoms with Gasteiger partial charge in [-0.15, -0.1) is 0 Å². The van der Waals surface area contributed by atoms with Crippen LogP contribution in [0, 0.1) is 0 Å². The highest BCUT2D eigenvalue weighted by atomic mass is 19.4. The molecule has 0 aromatic heterocycles. The van der Waals surface area contributed by atoms with Crippen molar-refractivity contribution in [3.63, 3.8) is 0 Å². The van der Waals surface area contributed by atoms with Crippen LogP contribution in [0.3, 0.4) is 0 Å². The SMILES string of the molecule is CC.OCc1cc(C(F)(F)F)cc(C(F)(F)F)c1.c1ccc([C@H]2CCCCN2)cc1. The van der Waals surface area contributed by atoms with Gasteiger partial charge in [-0.1, -0.05) is 50.6 Å². The molecule has 1 heterocycles. The maximum atomic E-state index is 12.2. The summed E-state index contributed by atoms with van der Waals surface area (Å²) in [5, 5.41) is 12.1. The van der Waals surface area contributed by atoms with Crippen LogP contribution >= 0.6 is 0 Å². The van der Waals surface area contributed by atoms with E-state index < -0.39 is 35.6 Å². The zero-order chi connectivity index (χ0) is 22.8. The molecule has 0 spiro atoms. The number of halogens is 6. The van der Waals surface area contributed by atoms with Gasteiger partial charge in [-0.05, 0) is 48.7 Å². The molecule has 1 saturated heterocycles. The zero-order valence-electron chi connectivity index (χ0n) is 16.9. The number of aliphatic hydroxyl groups is 1. The summed E-state index contributed by atoms with van der Waals surface area (Å²) >= 11 is 0. The van der Waals surface area contributed by atoms with Crippen molar-refractivity contribution < 1.29 is 31.4 Å². The lowest BCUT2D eigenvalue weighted by Gasteiger charge is -2.23. The molecular weight excluding hydrogens is 408 g/mol. The third-order valence-electron chi connectivity index (χ3n) is 4.34. The minimum absolute atomic E-state index is 0.0131. The monoisotopic (exact) mass is 435 g/mol. The van der Waals surface area contributed by atoms with E-state index in [4.69, 9.17) is 5.11 Å². The fourth-order valence-electron chi connectivity index (χ4n) is 2.93. The van der Waals surface area contributed by atoms with Crippen LogP contribution in [0.4, 0.5) is 26.3 Å². The first kappa shape index (κ1) is 26.0. The number of aliphatic hydroxyl groups excluding tert-OH is 1. The van der Waals surface area contributed by atoms with Gasteiger partial charge in [-0.3, -0.25) is 0 Å². The van der Waals surface area contributed by atoms with E-state index in [1.54, 1.807) is 0 Å². The number of hydrogen-bond acceptors (Lipinski definition) is 2. The van der Waals surface area contributed by atoms with Gasteiger partial charge in [0.1, 0.15) is 0 Å². The standard InChI is InChI=1S/C11H15N.C9H6F6O.C2H6/c1-2-6-10(7-3-1)11-8-4-5-9-12-11;10-8(11,12)6-1-5(4-16)2-7(3-6)9(13,14)15;1-2/h1-3,6-7,11-12H,4-5,8-9H2;1-3,16H,4H2;1-2H3/t11-;;/m1../s1. The summed E-state index contributed by atoms with van der Waals surface area (Å²) in [5.74, 6) is 0. The number of nitrogens with one attached hydrogen (secondary N) is 1. The topological polar surface area (TPSA) is 32.3 Å². The van der Waals surface area contributed by atoms with Crippen LogP contribution in [0.15, 0.2) is 48.5 Å². The largest absolute Gasteiger partial charge is 0.416 e. The normalized spacial score (nSPS) is 16.6. The third kappa shape index (κ3) is 8.36. The van der Waals surface area contributed by atoms with Crippen LogP contribution < -0.4 is 5.32 Å². The molecule has 2 aromatic rings. The lowest BCUT2D eigenvalue weighted by atomic mass is 9.98. The second-order valence-corrected chi connectivity index (χ2v) is 6.49. The molecule has 168 valence electrons. The Morgan fingerprint density at radius 3 is 1.80 bits per heavy atom. The van der Waals surface area contributed by atoms with Gasteiger partial charge in [0.15, 0.2) is 0 Å².